The fourth-order valence-electron chi connectivity index (χ4n) is 5.56. The van der Waals surface area contributed by atoms with E-state index in [4.69, 9.17) is 9.47 Å². The standard InChI is InChI=1S/C19H30O3/c1-5-7-21-18-10-14-8-15(11-18)19(6-2,16(9-14)12-18)22-17(20)13(3)4/h14-16H,3,5-12H2,1-2,4H3. The highest BCUT2D eigenvalue weighted by molar-refractivity contribution is 5.87. The number of esters is 1. The summed E-state index contributed by atoms with van der Waals surface area (Å²) in [5, 5.41) is 0. The summed E-state index contributed by atoms with van der Waals surface area (Å²) in [6.07, 6.45) is 7.74. The van der Waals surface area contributed by atoms with Crippen LogP contribution in [-0.2, 0) is 14.3 Å². The number of rotatable bonds is 6. The van der Waals surface area contributed by atoms with Crippen LogP contribution < -0.4 is 0 Å². The van der Waals surface area contributed by atoms with E-state index in [1.165, 1.54) is 19.3 Å². The van der Waals surface area contributed by atoms with E-state index in [0.717, 1.165) is 38.2 Å². The first-order valence-corrected chi connectivity index (χ1v) is 8.97. The third kappa shape index (κ3) is 2.42. The zero-order valence-corrected chi connectivity index (χ0v) is 14.3. The van der Waals surface area contributed by atoms with Gasteiger partial charge in [0.05, 0.1) is 5.60 Å². The molecule has 0 saturated heterocycles. The van der Waals surface area contributed by atoms with Crippen LogP contribution in [0, 0.1) is 17.8 Å². The monoisotopic (exact) mass is 306 g/mol. The van der Waals surface area contributed by atoms with Crippen molar-refractivity contribution in [3.63, 3.8) is 0 Å². The Kier molecular flexibility index (Phi) is 4.13. The third-order valence-corrected chi connectivity index (χ3v) is 6.31. The van der Waals surface area contributed by atoms with Crippen LogP contribution in [0.4, 0.5) is 0 Å². The highest BCUT2D eigenvalue weighted by Gasteiger charge is 2.63. The molecule has 4 aliphatic carbocycles. The molecule has 3 heteroatoms. The van der Waals surface area contributed by atoms with Gasteiger partial charge in [-0.3, -0.25) is 0 Å². The van der Waals surface area contributed by atoms with E-state index in [0.29, 0.717) is 17.4 Å². The van der Waals surface area contributed by atoms with Gasteiger partial charge in [-0.2, -0.15) is 0 Å². The summed E-state index contributed by atoms with van der Waals surface area (Å²) in [5.74, 6) is 1.48. The van der Waals surface area contributed by atoms with Crippen molar-refractivity contribution >= 4 is 5.97 Å². The number of carbonyl (C=O) groups excluding carboxylic acids is 1. The summed E-state index contributed by atoms with van der Waals surface area (Å²) in [5.41, 5.74) is 0.311. The molecule has 2 atom stereocenters. The molecule has 4 bridgehead atoms. The van der Waals surface area contributed by atoms with E-state index in [2.05, 4.69) is 20.4 Å². The Hall–Kier alpha value is -0.830. The number of carbonyl (C=O) groups is 1. The molecule has 0 spiro atoms. The van der Waals surface area contributed by atoms with E-state index in [9.17, 15) is 4.79 Å². The normalized spacial score (nSPS) is 42.4. The maximum Gasteiger partial charge on any atom is 0.333 e. The zero-order chi connectivity index (χ0) is 16.0. The lowest BCUT2D eigenvalue weighted by molar-refractivity contribution is -0.252. The molecule has 0 heterocycles. The SMILES string of the molecule is C=C(C)C(=O)OC1(CC)C2CC3CC1CC(OCCC)(C3)C2. The molecular formula is C19H30O3. The lowest BCUT2D eigenvalue weighted by Gasteiger charge is -2.64. The van der Waals surface area contributed by atoms with Gasteiger partial charge in [0, 0.05) is 24.0 Å². The first-order chi connectivity index (χ1) is 10.4. The van der Waals surface area contributed by atoms with Gasteiger partial charge < -0.3 is 9.47 Å². The summed E-state index contributed by atoms with van der Waals surface area (Å²) in [4.78, 5) is 12.2. The number of ether oxygens (including phenoxy) is 2. The van der Waals surface area contributed by atoms with E-state index < -0.39 is 0 Å². The summed E-state index contributed by atoms with van der Waals surface area (Å²) in [6.45, 7) is 10.7. The maximum absolute atomic E-state index is 12.2. The van der Waals surface area contributed by atoms with E-state index >= 15 is 0 Å². The van der Waals surface area contributed by atoms with Crippen molar-refractivity contribution in [3.05, 3.63) is 12.2 Å². The molecule has 22 heavy (non-hydrogen) atoms. The second-order valence-electron chi connectivity index (χ2n) is 7.85. The Morgan fingerprint density at radius 3 is 2.32 bits per heavy atom. The van der Waals surface area contributed by atoms with Gasteiger partial charge in [0.25, 0.3) is 0 Å². The van der Waals surface area contributed by atoms with Gasteiger partial charge in [-0.25, -0.2) is 4.79 Å². The van der Waals surface area contributed by atoms with Crippen LogP contribution in [0.15, 0.2) is 12.2 Å². The van der Waals surface area contributed by atoms with Gasteiger partial charge in [0.2, 0.25) is 0 Å². The quantitative estimate of drug-likeness (QED) is 0.543. The van der Waals surface area contributed by atoms with E-state index in [1.54, 1.807) is 6.92 Å². The summed E-state index contributed by atoms with van der Waals surface area (Å²) >= 11 is 0. The summed E-state index contributed by atoms with van der Waals surface area (Å²) in [7, 11) is 0. The molecule has 4 saturated carbocycles. The van der Waals surface area contributed by atoms with Crippen LogP contribution in [-0.4, -0.2) is 23.8 Å². The van der Waals surface area contributed by atoms with Crippen LogP contribution in [0.3, 0.4) is 0 Å². The van der Waals surface area contributed by atoms with Crippen molar-refractivity contribution in [1.29, 1.82) is 0 Å². The van der Waals surface area contributed by atoms with Crippen molar-refractivity contribution in [2.45, 2.75) is 76.9 Å². The summed E-state index contributed by atoms with van der Waals surface area (Å²) < 4.78 is 12.4. The fourth-order valence-corrected chi connectivity index (χ4v) is 5.56. The molecule has 3 nitrogen and oxygen atoms in total. The van der Waals surface area contributed by atoms with Gasteiger partial charge in [-0.05, 0) is 57.8 Å². The average Bonchev–Trinajstić information content (AvgIpc) is 2.48. The highest BCUT2D eigenvalue weighted by Crippen LogP contribution is 2.63. The number of hydrogen-bond acceptors (Lipinski definition) is 3. The molecule has 0 aromatic heterocycles. The van der Waals surface area contributed by atoms with Crippen molar-refractivity contribution in [2.24, 2.45) is 17.8 Å². The molecule has 4 aliphatic rings. The van der Waals surface area contributed by atoms with E-state index in [-0.39, 0.29) is 17.2 Å². The smallest absolute Gasteiger partial charge is 0.333 e. The minimum atomic E-state index is -0.272. The number of hydrogen-bond donors (Lipinski definition) is 0. The topological polar surface area (TPSA) is 35.5 Å². The second kappa shape index (κ2) is 5.67. The Bertz CT molecular complexity index is 451. The van der Waals surface area contributed by atoms with Gasteiger partial charge in [-0.15, -0.1) is 0 Å². The molecule has 0 aromatic rings. The molecule has 0 aliphatic heterocycles. The fraction of sp³-hybridized carbons (Fsp3) is 0.842. The first kappa shape index (κ1) is 16.0. The molecule has 0 amide bonds. The molecular weight excluding hydrogens is 276 g/mol. The average molecular weight is 306 g/mol. The van der Waals surface area contributed by atoms with Crippen molar-refractivity contribution in [1.82, 2.24) is 0 Å². The Morgan fingerprint density at radius 2 is 1.82 bits per heavy atom. The van der Waals surface area contributed by atoms with Gasteiger partial charge >= 0.3 is 5.97 Å². The molecule has 4 rings (SSSR count). The molecule has 0 aromatic carbocycles. The molecule has 0 radical (unpaired) electrons. The molecule has 0 N–H and O–H groups in total. The van der Waals surface area contributed by atoms with Gasteiger partial charge in [0.1, 0.15) is 5.60 Å². The minimum Gasteiger partial charge on any atom is -0.455 e. The summed E-state index contributed by atoms with van der Waals surface area (Å²) in [6, 6.07) is 0. The zero-order valence-electron chi connectivity index (χ0n) is 14.3. The van der Waals surface area contributed by atoms with Crippen LogP contribution in [0.2, 0.25) is 0 Å². The molecule has 124 valence electrons. The highest BCUT2D eigenvalue weighted by atomic mass is 16.6. The molecule has 4 fully saturated rings. The predicted molar refractivity (Wildman–Crippen MR) is 86.5 cm³/mol. The Labute approximate surface area is 134 Å². The van der Waals surface area contributed by atoms with Crippen LogP contribution >= 0.6 is 0 Å². The lowest BCUT2D eigenvalue weighted by atomic mass is 9.47. The van der Waals surface area contributed by atoms with Crippen molar-refractivity contribution in [3.8, 4) is 0 Å². The van der Waals surface area contributed by atoms with Crippen molar-refractivity contribution in [2.75, 3.05) is 6.61 Å². The molecule has 2 unspecified atom stereocenters. The van der Waals surface area contributed by atoms with Crippen LogP contribution in [0.5, 0.6) is 0 Å². The lowest BCUT2D eigenvalue weighted by Crippen LogP contribution is -2.65. The van der Waals surface area contributed by atoms with Gasteiger partial charge in [-0.1, -0.05) is 20.4 Å². The van der Waals surface area contributed by atoms with Crippen LogP contribution in [0.1, 0.15) is 65.7 Å². The Balaban J connectivity index is 1.84. The maximum atomic E-state index is 12.2. The second-order valence-corrected chi connectivity index (χ2v) is 7.85. The largest absolute Gasteiger partial charge is 0.455 e. The van der Waals surface area contributed by atoms with Gasteiger partial charge in [0.15, 0.2) is 0 Å². The van der Waals surface area contributed by atoms with Crippen LogP contribution in [0.25, 0.3) is 0 Å². The third-order valence-electron chi connectivity index (χ3n) is 6.31. The predicted octanol–water partition coefficient (Wildman–Crippen LogP) is 4.26. The minimum absolute atomic E-state index is 0.0702. The Morgan fingerprint density at radius 1 is 1.18 bits per heavy atom. The first-order valence-electron chi connectivity index (χ1n) is 8.97. The van der Waals surface area contributed by atoms with E-state index in [1.807, 2.05) is 0 Å². The van der Waals surface area contributed by atoms with Crippen molar-refractivity contribution < 1.29 is 14.3 Å².